The standard InChI is InChI=1S/C23H19N3/c1-4-10-19(11-5-1)22(20-12-6-2-7-13-20)16-17-26-18-23(24-25-26)21-14-8-3-9-15-21/h1-16,18H,17H2. The van der Waals surface area contributed by atoms with E-state index in [2.05, 4.69) is 64.9 Å². The Kier molecular flexibility index (Phi) is 4.70. The van der Waals surface area contributed by atoms with Gasteiger partial charge in [0.25, 0.3) is 0 Å². The number of benzene rings is 3. The van der Waals surface area contributed by atoms with Crippen molar-refractivity contribution in [3.05, 3.63) is 114 Å². The molecule has 0 spiro atoms. The van der Waals surface area contributed by atoms with Crippen LogP contribution >= 0.6 is 0 Å². The Hall–Kier alpha value is -3.46. The second-order valence-corrected chi connectivity index (χ2v) is 6.04. The summed E-state index contributed by atoms with van der Waals surface area (Å²) in [6.07, 6.45) is 4.19. The second kappa shape index (κ2) is 7.62. The van der Waals surface area contributed by atoms with Gasteiger partial charge in [-0.2, -0.15) is 0 Å². The van der Waals surface area contributed by atoms with Crippen LogP contribution in [-0.2, 0) is 6.54 Å². The fraction of sp³-hybridized carbons (Fsp3) is 0.0435. The lowest BCUT2D eigenvalue weighted by atomic mass is 9.98. The summed E-state index contributed by atoms with van der Waals surface area (Å²) in [5, 5.41) is 8.57. The minimum Gasteiger partial charge on any atom is -0.248 e. The molecule has 3 aromatic carbocycles. The van der Waals surface area contributed by atoms with E-state index in [4.69, 9.17) is 0 Å². The third-order valence-electron chi connectivity index (χ3n) is 4.26. The van der Waals surface area contributed by atoms with Crippen LogP contribution in [0.3, 0.4) is 0 Å². The van der Waals surface area contributed by atoms with Crippen molar-refractivity contribution in [1.82, 2.24) is 15.0 Å². The first-order valence-corrected chi connectivity index (χ1v) is 8.67. The lowest BCUT2D eigenvalue weighted by Crippen LogP contribution is -1.98. The van der Waals surface area contributed by atoms with Gasteiger partial charge < -0.3 is 0 Å². The van der Waals surface area contributed by atoms with Crippen LogP contribution in [0.15, 0.2) is 103 Å². The number of hydrogen-bond acceptors (Lipinski definition) is 2. The molecule has 0 unspecified atom stereocenters. The normalized spacial score (nSPS) is 10.5. The Morgan fingerprint density at radius 1 is 0.731 bits per heavy atom. The lowest BCUT2D eigenvalue weighted by molar-refractivity contribution is 0.662. The van der Waals surface area contributed by atoms with Gasteiger partial charge in [0.05, 0.1) is 12.7 Å². The first-order valence-electron chi connectivity index (χ1n) is 8.67. The average Bonchev–Trinajstić information content (AvgIpc) is 3.20. The molecule has 4 aromatic rings. The molecule has 1 aromatic heterocycles. The molecule has 3 heteroatoms. The number of nitrogens with zero attached hydrogens (tertiary/aromatic N) is 3. The zero-order valence-electron chi connectivity index (χ0n) is 14.4. The molecule has 0 aliphatic heterocycles. The first-order chi connectivity index (χ1) is 12.9. The van der Waals surface area contributed by atoms with E-state index in [1.165, 1.54) is 16.7 Å². The first kappa shape index (κ1) is 16.0. The minimum absolute atomic E-state index is 0.666. The molecule has 0 saturated heterocycles. The topological polar surface area (TPSA) is 30.7 Å². The van der Waals surface area contributed by atoms with Gasteiger partial charge in [0.15, 0.2) is 0 Å². The molecule has 0 radical (unpaired) electrons. The van der Waals surface area contributed by atoms with E-state index in [1.807, 2.05) is 53.3 Å². The van der Waals surface area contributed by atoms with Crippen LogP contribution in [0, 0.1) is 0 Å². The van der Waals surface area contributed by atoms with E-state index in [1.54, 1.807) is 0 Å². The summed E-state index contributed by atoms with van der Waals surface area (Å²) < 4.78 is 1.87. The Labute approximate surface area is 153 Å². The highest BCUT2D eigenvalue weighted by Gasteiger charge is 2.06. The zero-order chi connectivity index (χ0) is 17.6. The summed E-state index contributed by atoms with van der Waals surface area (Å²) in [5.41, 5.74) is 5.56. The molecule has 0 N–H and O–H groups in total. The van der Waals surface area contributed by atoms with Crippen LogP contribution in [0.25, 0.3) is 16.8 Å². The van der Waals surface area contributed by atoms with E-state index in [0.29, 0.717) is 6.54 Å². The van der Waals surface area contributed by atoms with Crippen LogP contribution in [0.5, 0.6) is 0 Å². The SMILES string of the molecule is C(Cn1cc(-c2ccccc2)nn1)=C(c1ccccc1)c1ccccc1. The Morgan fingerprint density at radius 3 is 1.85 bits per heavy atom. The molecular weight excluding hydrogens is 318 g/mol. The van der Waals surface area contributed by atoms with Gasteiger partial charge in [-0.25, -0.2) is 4.68 Å². The average molecular weight is 337 g/mol. The van der Waals surface area contributed by atoms with Gasteiger partial charge in [-0.3, -0.25) is 0 Å². The monoisotopic (exact) mass is 337 g/mol. The fourth-order valence-corrected chi connectivity index (χ4v) is 2.95. The molecule has 0 amide bonds. The molecule has 126 valence electrons. The van der Waals surface area contributed by atoms with Crippen molar-refractivity contribution >= 4 is 5.57 Å². The van der Waals surface area contributed by atoms with E-state index < -0.39 is 0 Å². The van der Waals surface area contributed by atoms with Crippen molar-refractivity contribution in [3.63, 3.8) is 0 Å². The van der Waals surface area contributed by atoms with Gasteiger partial charge in [0.2, 0.25) is 0 Å². The minimum atomic E-state index is 0.666. The van der Waals surface area contributed by atoms with Crippen LogP contribution in [0.1, 0.15) is 11.1 Å². The van der Waals surface area contributed by atoms with E-state index in [9.17, 15) is 0 Å². The van der Waals surface area contributed by atoms with Crippen molar-refractivity contribution < 1.29 is 0 Å². The smallest absolute Gasteiger partial charge is 0.113 e. The molecule has 4 rings (SSSR count). The maximum absolute atomic E-state index is 4.29. The predicted octanol–water partition coefficient (Wildman–Crippen LogP) is 5.08. The summed E-state index contributed by atoms with van der Waals surface area (Å²) >= 11 is 0. The molecule has 0 aliphatic rings. The van der Waals surface area contributed by atoms with Gasteiger partial charge in [0, 0.05) is 5.56 Å². The summed E-state index contributed by atoms with van der Waals surface area (Å²) in [7, 11) is 0. The molecule has 0 aliphatic carbocycles. The van der Waals surface area contributed by atoms with Crippen molar-refractivity contribution in [2.45, 2.75) is 6.54 Å². The van der Waals surface area contributed by atoms with Crippen molar-refractivity contribution in [1.29, 1.82) is 0 Å². The van der Waals surface area contributed by atoms with Gasteiger partial charge in [-0.05, 0) is 16.7 Å². The quantitative estimate of drug-likeness (QED) is 0.508. The Bertz CT molecular complexity index is 946. The van der Waals surface area contributed by atoms with Gasteiger partial charge in [0.1, 0.15) is 5.69 Å². The maximum atomic E-state index is 4.29. The third-order valence-corrected chi connectivity index (χ3v) is 4.26. The fourth-order valence-electron chi connectivity index (χ4n) is 2.95. The second-order valence-electron chi connectivity index (χ2n) is 6.04. The number of hydrogen-bond donors (Lipinski definition) is 0. The van der Waals surface area contributed by atoms with Crippen LogP contribution in [0.2, 0.25) is 0 Å². The number of rotatable bonds is 5. The van der Waals surface area contributed by atoms with Gasteiger partial charge >= 0.3 is 0 Å². The molecule has 0 fully saturated rings. The number of allylic oxidation sites excluding steroid dienone is 1. The highest BCUT2D eigenvalue weighted by atomic mass is 15.4. The summed E-state index contributed by atoms with van der Waals surface area (Å²) in [6, 6.07) is 31.0. The summed E-state index contributed by atoms with van der Waals surface area (Å²) in [5.74, 6) is 0. The van der Waals surface area contributed by atoms with E-state index in [-0.39, 0.29) is 0 Å². The lowest BCUT2D eigenvalue weighted by Gasteiger charge is -2.08. The van der Waals surface area contributed by atoms with Gasteiger partial charge in [-0.15, -0.1) is 5.10 Å². The zero-order valence-corrected chi connectivity index (χ0v) is 14.4. The molecule has 0 bridgehead atoms. The molecule has 26 heavy (non-hydrogen) atoms. The molecule has 1 heterocycles. The number of aromatic nitrogens is 3. The predicted molar refractivity (Wildman–Crippen MR) is 105 cm³/mol. The largest absolute Gasteiger partial charge is 0.248 e. The Balaban J connectivity index is 1.63. The highest BCUT2D eigenvalue weighted by Crippen LogP contribution is 2.23. The summed E-state index contributed by atoms with van der Waals surface area (Å²) in [4.78, 5) is 0. The molecule has 0 atom stereocenters. The van der Waals surface area contributed by atoms with Crippen LogP contribution in [-0.4, -0.2) is 15.0 Å². The highest BCUT2D eigenvalue weighted by molar-refractivity contribution is 5.79. The van der Waals surface area contributed by atoms with Crippen LogP contribution in [0.4, 0.5) is 0 Å². The van der Waals surface area contributed by atoms with Crippen molar-refractivity contribution in [3.8, 4) is 11.3 Å². The van der Waals surface area contributed by atoms with E-state index >= 15 is 0 Å². The molecular formula is C23H19N3. The van der Waals surface area contributed by atoms with E-state index in [0.717, 1.165) is 11.3 Å². The van der Waals surface area contributed by atoms with Crippen LogP contribution < -0.4 is 0 Å². The summed E-state index contributed by atoms with van der Waals surface area (Å²) in [6.45, 7) is 0.666. The molecule has 3 nitrogen and oxygen atoms in total. The Morgan fingerprint density at radius 2 is 1.27 bits per heavy atom. The van der Waals surface area contributed by atoms with Crippen molar-refractivity contribution in [2.24, 2.45) is 0 Å². The van der Waals surface area contributed by atoms with Crippen molar-refractivity contribution in [2.75, 3.05) is 0 Å². The van der Waals surface area contributed by atoms with Gasteiger partial charge in [-0.1, -0.05) is 102 Å². The third kappa shape index (κ3) is 3.62. The molecule has 0 saturated carbocycles. The maximum Gasteiger partial charge on any atom is 0.113 e.